The molecule has 1 aliphatic carbocycles. The number of rotatable bonds is 6. The van der Waals surface area contributed by atoms with E-state index in [1.807, 2.05) is 12.1 Å². The Hall–Kier alpha value is -4.05. The maximum Gasteiger partial charge on any atom is 0.332 e. The van der Waals surface area contributed by atoms with Crippen LogP contribution in [0.5, 0.6) is 5.75 Å². The number of aryl methyl sites for hydroxylation is 1. The lowest BCUT2D eigenvalue weighted by Crippen LogP contribution is -2.39. The van der Waals surface area contributed by atoms with E-state index in [9.17, 15) is 14.4 Å². The van der Waals surface area contributed by atoms with Crippen LogP contribution in [-0.4, -0.2) is 33.6 Å². The monoisotopic (exact) mass is 463 g/mol. The molecule has 1 aromatic carbocycles. The average Bonchev–Trinajstić information content (AvgIpc) is 3.27. The summed E-state index contributed by atoms with van der Waals surface area (Å²) in [6, 6.07) is 8.81. The van der Waals surface area contributed by atoms with Crippen molar-refractivity contribution >= 4 is 38.9 Å². The van der Waals surface area contributed by atoms with E-state index >= 15 is 0 Å². The van der Waals surface area contributed by atoms with Crippen LogP contribution >= 0.6 is 11.3 Å². The van der Waals surface area contributed by atoms with E-state index < -0.39 is 11.2 Å². The number of methoxy groups -OCH3 is 1. The Balaban J connectivity index is 1.61. The third kappa shape index (κ3) is 4.33. The highest BCUT2D eigenvalue weighted by Crippen LogP contribution is 2.22. The molecule has 0 radical (unpaired) electrons. The van der Waals surface area contributed by atoms with E-state index in [1.165, 1.54) is 22.8 Å². The molecule has 4 rings (SSSR count). The van der Waals surface area contributed by atoms with Crippen molar-refractivity contribution in [3.63, 3.8) is 0 Å². The number of allylic oxidation sites excluding steroid dienone is 4. The van der Waals surface area contributed by atoms with Gasteiger partial charge in [0.2, 0.25) is 0 Å². The van der Waals surface area contributed by atoms with E-state index in [1.54, 1.807) is 32.4 Å². The van der Waals surface area contributed by atoms with Crippen molar-refractivity contribution in [3.05, 3.63) is 85.4 Å². The minimum Gasteiger partial charge on any atom is -0.497 e. The number of benzene rings is 1. The molecule has 0 saturated heterocycles. The summed E-state index contributed by atoms with van der Waals surface area (Å²) >= 11 is 1.08. The van der Waals surface area contributed by atoms with Gasteiger partial charge in [0.15, 0.2) is 0 Å². The van der Waals surface area contributed by atoms with Gasteiger partial charge in [-0.3, -0.25) is 29.5 Å². The molecule has 0 aliphatic heterocycles. The molecule has 168 valence electrons. The highest BCUT2D eigenvalue weighted by atomic mass is 32.1. The van der Waals surface area contributed by atoms with Gasteiger partial charge >= 0.3 is 5.69 Å². The van der Waals surface area contributed by atoms with Gasteiger partial charge < -0.3 is 10.1 Å². The van der Waals surface area contributed by atoms with Crippen LogP contribution in [0.15, 0.2) is 63.7 Å². The Morgan fingerprint density at radius 1 is 1.12 bits per heavy atom. The zero-order valence-corrected chi connectivity index (χ0v) is 18.8. The lowest BCUT2D eigenvalue weighted by molar-refractivity contribution is 0.0955. The Kier molecular flexibility index (Phi) is 5.93. The summed E-state index contributed by atoms with van der Waals surface area (Å²) in [5.41, 5.74) is 0.540. The van der Waals surface area contributed by atoms with Crippen molar-refractivity contribution in [3.8, 4) is 5.75 Å². The molecule has 0 unspecified atom stereocenters. The number of hydrogen-bond acceptors (Lipinski definition) is 7. The maximum atomic E-state index is 13.1. The van der Waals surface area contributed by atoms with E-state index in [4.69, 9.17) is 15.6 Å². The summed E-state index contributed by atoms with van der Waals surface area (Å²) in [4.78, 5) is 39.3. The number of aromatic nitrogens is 2. The van der Waals surface area contributed by atoms with Gasteiger partial charge in [-0.25, -0.2) is 4.79 Å². The van der Waals surface area contributed by atoms with Crippen molar-refractivity contribution in [1.29, 1.82) is 10.8 Å². The first-order valence-corrected chi connectivity index (χ1v) is 10.8. The van der Waals surface area contributed by atoms with E-state index in [2.05, 4.69) is 5.32 Å². The van der Waals surface area contributed by atoms with Crippen molar-refractivity contribution < 1.29 is 9.53 Å². The van der Waals surface area contributed by atoms with Crippen LogP contribution in [0.3, 0.4) is 0 Å². The van der Waals surface area contributed by atoms with Gasteiger partial charge in [0.05, 0.1) is 35.3 Å². The fourth-order valence-electron chi connectivity index (χ4n) is 3.42. The number of carbonyl (C=O) groups is 1. The van der Waals surface area contributed by atoms with Crippen molar-refractivity contribution in [2.24, 2.45) is 7.05 Å². The molecule has 1 aliphatic rings. The highest BCUT2D eigenvalue weighted by Gasteiger charge is 2.19. The van der Waals surface area contributed by atoms with Crippen LogP contribution in [0, 0.1) is 10.8 Å². The fourth-order valence-corrected chi connectivity index (χ4v) is 4.44. The van der Waals surface area contributed by atoms with Crippen LogP contribution in [0.1, 0.15) is 15.2 Å². The quantitative estimate of drug-likeness (QED) is 0.484. The molecule has 1 amide bonds. The average molecular weight is 464 g/mol. The number of fused-ring (bicyclic) bond motifs is 1. The van der Waals surface area contributed by atoms with Crippen molar-refractivity contribution in [1.82, 2.24) is 14.5 Å². The molecular formula is C23H21N5O4S. The summed E-state index contributed by atoms with van der Waals surface area (Å²) in [6.45, 7) is 0.282. The van der Waals surface area contributed by atoms with Crippen molar-refractivity contribution in [2.75, 3.05) is 7.11 Å². The number of thiophene rings is 1. The fraction of sp³-hybridized carbons (Fsp3) is 0.174. The van der Waals surface area contributed by atoms with Crippen LogP contribution in [-0.2, 0) is 20.1 Å². The zero-order valence-electron chi connectivity index (χ0n) is 18.0. The minimum atomic E-state index is -0.513. The summed E-state index contributed by atoms with van der Waals surface area (Å²) in [6.07, 6.45) is 4.54. The molecule has 2 aromatic heterocycles. The number of amides is 1. The molecule has 0 spiro atoms. The van der Waals surface area contributed by atoms with Gasteiger partial charge in [-0.2, -0.15) is 0 Å². The lowest BCUT2D eigenvalue weighted by Gasteiger charge is -2.11. The van der Waals surface area contributed by atoms with Crippen LogP contribution in [0.2, 0.25) is 0 Å². The number of nitrogens with one attached hydrogen (secondary N) is 3. The summed E-state index contributed by atoms with van der Waals surface area (Å²) < 4.78 is 7.55. The van der Waals surface area contributed by atoms with Gasteiger partial charge in [-0.05, 0) is 41.5 Å². The van der Waals surface area contributed by atoms with Gasteiger partial charge in [-0.15, -0.1) is 11.3 Å². The first kappa shape index (κ1) is 22.2. The Bertz CT molecular complexity index is 1470. The molecule has 0 bridgehead atoms. The zero-order chi connectivity index (χ0) is 23.7. The highest BCUT2D eigenvalue weighted by molar-refractivity contribution is 7.20. The Labute approximate surface area is 192 Å². The minimum absolute atomic E-state index is 0.0183. The molecule has 2 heterocycles. The second-order valence-electron chi connectivity index (χ2n) is 7.47. The molecule has 0 atom stereocenters. The smallest absolute Gasteiger partial charge is 0.332 e. The van der Waals surface area contributed by atoms with Crippen molar-refractivity contribution in [2.45, 2.75) is 13.1 Å². The molecule has 9 nitrogen and oxygen atoms in total. The molecule has 10 heteroatoms. The van der Waals surface area contributed by atoms with Crippen LogP contribution in [0.4, 0.5) is 0 Å². The van der Waals surface area contributed by atoms with Gasteiger partial charge in [-0.1, -0.05) is 18.2 Å². The van der Waals surface area contributed by atoms with Gasteiger partial charge in [0, 0.05) is 13.6 Å². The summed E-state index contributed by atoms with van der Waals surface area (Å²) in [7, 11) is 3.14. The molecule has 0 saturated carbocycles. The SMILES string of the molecule is COc1ccc(CNC(=O)c2cc3c(=O)n(CC4=CC(=N)C(=N)C=C4)c(=O)n(C)c3s2)cc1. The first-order chi connectivity index (χ1) is 15.8. The standard InChI is InChI=1S/C23H21N5O4S/c1-27-22-16(21(30)28(23(27)31)12-14-5-8-17(24)18(25)9-14)10-19(33-22)20(29)26-11-13-3-6-15(32-2)7-4-13/h3-10,24-25H,11-12H2,1-2H3,(H,26,29). The van der Waals surface area contributed by atoms with E-state index in [-0.39, 0.29) is 29.3 Å². The summed E-state index contributed by atoms with van der Waals surface area (Å²) in [5, 5.41) is 18.5. The predicted octanol–water partition coefficient (Wildman–Crippen LogP) is 2.24. The second kappa shape index (κ2) is 8.83. The van der Waals surface area contributed by atoms with Crippen LogP contribution < -0.4 is 21.3 Å². The molecule has 33 heavy (non-hydrogen) atoms. The molecule has 3 N–H and O–H groups in total. The lowest BCUT2D eigenvalue weighted by atomic mass is 10.0. The Morgan fingerprint density at radius 3 is 2.52 bits per heavy atom. The van der Waals surface area contributed by atoms with E-state index in [0.717, 1.165) is 27.2 Å². The van der Waals surface area contributed by atoms with Gasteiger partial charge in [0.25, 0.3) is 11.5 Å². The number of ether oxygens (including phenoxy) is 1. The van der Waals surface area contributed by atoms with Crippen LogP contribution in [0.25, 0.3) is 10.2 Å². The maximum absolute atomic E-state index is 13.1. The topological polar surface area (TPSA) is 130 Å². The molecule has 0 fully saturated rings. The van der Waals surface area contributed by atoms with Gasteiger partial charge in [0.1, 0.15) is 10.6 Å². The molecular weight excluding hydrogens is 442 g/mol. The second-order valence-corrected chi connectivity index (χ2v) is 8.50. The summed E-state index contributed by atoms with van der Waals surface area (Å²) in [5.74, 6) is 0.386. The first-order valence-electron chi connectivity index (χ1n) is 9.99. The Morgan fingerprint density at radius 2 is 1.85 bits per heavy atom. The third-order valence-electron chi connectivity index (χ3n) is 5.27. The number of hydrogen-bond donors (Lipinski definition) is 3. The third-order valence-corrected chi connectivity index (χ3v) is 6.48. The predicted molar refractivity (Wildman–Crippen MR) is 128 cm³/mol. The normalized spacial score (nSPS) is 13.3. The molecule has 3 aromatic rings. The van der Waals surface area contributed by atoms with E-state index in [0.29, 0.717) is 21.8 Å². The number of carbonyl (C=O) groups excluding carboxylic acids is 1. The number of nitrogens with zero attached hydrogens (tertiary/aromatic N) is 2. The largest absolute Gasteiger partial charge is 0.497 e.